The molecule has 0 aliphatic carbocycles. The Hall–Kier alpha value is -1.78. The van der Waals surface area contributed by atoms with Gasteiger partial charge in [-0.1, -0.05) is 12.7 Å². The largest absolute Gasteiger partial charge is 0.444 e. The van der Waals surface area contributed by atoms with E-state index >= 15 is 0 Å². The molecule has 1 heterocycles. The van der Waals surface area contributed by atoms with E-state index in [1.807, 2.05) is 39.8 Å². The highest BCUT2D eigenvalue weighted by molar-refractivity contribution is 5.93. The molecule has 1 saturated heterocycles. The number of ether oxygens (including phenoxy) is 1. The molecule has 1 fully saturated rings. The van der Waals surface area contributed by atoms with Crippen molar-refractivity contribution in [3.8, 4) is 0 Å². The zero-order valence-corrected chi connectivity index (χ0v) is 14.5. The van der Waals surface area contributed by atoms with Crippen LogP contribution in [0, 0.1) is 0 Å². The molecule has 0 aromatic heterocycles. The topological polar surface area (TPSA) is 53.9 Å². The third kappa shape index (κ3) is 5.92. The van der Waals surface area contributed by atoms with E-state index in [4.69, 9.17) is 4.74 Å². The van der Waals surface area contributed by atoms with Gasteiger partial charge in [0.25, 0.3) is 0 Å². The lowest BCUT2D eigenvalue weighted by Gasteiger charge is -2.40. The van der Waals surface area contributed by atoms with Gasteiger partial charge in [0.05, 0.1) is 0 Å². The van der Waals surface area contributed by atoms with E-state index in [-0.39, 0.29) is 11.6 Å². The Morgan fingerprint density at radius 1 is 1.36 bits per heavy atom. The van der Waals surface area contributed by atoms with Crippen molar-refractivity contribution in [1.29, 1.82) is 0 Å². The summed E-state index contributed by atoms with van der Waals surface area (Å²) in [6.07, 6.45) is 6.85. The molecule has 0 unspecified atom stereocenters. The van der Waals surface area contributed by atoms with Crippen molar-refractivity contribution in [3.63, 3.8) is 0 Å². The van der Waals surface area contributed by atoms with Gasteiger partial charge < -0.3 is 15.0 Å². The lowest BCUT2D eigenvalue weighted by molar-refractivity contribution is 0.0427. The molecule has 124 valence electrons. The van der Waals surface area contributed by atoms with E-state index in [0.717, 1.165) is 31.8 Å². The fraction of sp³-hybridized carbons (Fsp3) is 0.647. The molecule has 0 atom stereocenters. The minimum absolute atomic E-state index is 0.242. The predicted molar refractivity (Wildman–Crippen MR) is 91.0 cm³/mol. The molecule has 1 amide bonds. The van der Waals surface area contributed by atoms with Crippen molar-refractivity contribution in [1.82, 2.24) is 10.2 Å². The van der Waals surface area contributed by atoms with Gasteiger partial charge in [-0.3, -0.25) is 0 Å². The maximum absolute atomic E-state index is 12.0. The number of hydrogen-bond donors (Lipinski definition) is 1. The first kappa shape index (κ1) is 18.3. The number of allylic oxidation sites excluding steroid dienone is 1. The zero-order valence-electron chi connectivity index (χ0n) is 14.5. The van der Waals surface area contributed by atoms with Crippen LogP contribution in [0.1, 0.15) is 47.5 Å². The molecule has 1 aliphatic heterocycles. The van der Waals surface area contributed by atoms with Crippen molar-refractivity contribution in [3.05, 3.63) is 24.9 Å². The Balaban J connectivity index is 2.61. The number of nitrogens with one attached hydrogen (secondary N) is 1. The molecule has 0 bridgehead atoms. The Morgan fingerprint density at radius 3 is 2.41 bits per heavy atom. The number of aliphatic imine (C=N–C) groups is 1. The van der Waals surface area contributed by atoms with Crippen LogP contribution in [0.3, 0.4) is 0 Å². The SMILES string of the molecule is C=C/N=C(\C=C\C)N1CCC(C)(NC(=O)OC(C)(C)C)CC1. The Bertz CT molecular complexity index is 453. The predicted octanol–water partition coefficient (Wildman–Crippen LogP) is 3.48. The molecule has 1 rings (SSSR count). The minimum Gasteiger partial charge on any atom is -0.444 e. The fourth-order valence-electron chi connectivity index (χ4n) is 2.38. The third-order valence-electron chi connectivity index (χ3n) is 3.53. The van der Waals surface area contributed by atoms with E-state index in [1.165, 1.54) is 0 Å². The average molecular weight is 307 g/mol. The van der Waals surface area contributed by atoms with Gasteiger partial charge in [-0.05, 0) is 53.5 Å². The summed E-state index contributed by atoms with van der Waals surface area (Å²) < 4.78 is 5.35. The molecule has 0 saturated carbocycles. The van der Waals surface area contributed by atoms with Gasteiger partial charge in [0.15, 0.2) is 0 Å². The molecular formula is C17H29N3O2. The first-order valence-corrected chi connectivity index (χ1v) is 7.76. The van der Waals surface area contributed by atoms with E-state index < -0.39 is 5.60 Å². The van der Waals surface area contributed by atoms with Crippen LogP contribution in [-0.4, -0.2) is 41.1 Å². The molecule has 1 N–H and O–H groups in total. The second-order valence-corrected chi connectivity index (χ2v) is 6.84. The molecule has 5 heteroatoms. The molecular weight excluding hydrogens is 278 g/mol. The summed E-state index contributed by atoms with van der Waals surface area (Å²) in [5, 5.41) is 3.01. The van der Waals surface area contributed by atoms with Crippen molar-refractivity contribution in [2.75, 3.05) is 13.1 Å². The summed E-state index contributed by atoms with van der Waals surface area (Å²) in [6, 6.07) is 0. The van der Waals surface area contributed by atoms with Crippen LogP contribution in [0.5, 0.6) is 0 Å². The standard InChI is InChI=1S/C17H29N3O2/c1-7-9-14(18-8-2)20-12-10-17(6,11-13-20)19-15(21)22-16(3,4)5/h7-9H,2,10-13H2,1,3-6H3,(H,19,21)/b9-7+,18-14+. The van der Waals surface area contributed by atoms with Gasteiger partial charge in [-0.25, -0.2) is 9.79 Å². The van der Waals surface area contributed by atoms with E-state index in [1.54, 1.807) is 6.20 Å². The first-order valence-electron chi connectivity index (χ1n) is 7.76. The van der Waals surface area contributed by atoms with Crippen LogP contribution in [0.15, 0.2) is 29.9 Å². The van der Waals surface area contributed by atoms with Crippen molar-refractivity contribution < 1.29 is 9.53 Å². The molecule has 1 aliphatic rings. The highest BCUT2D eigenvalue weighted by Crippen LogP contribution is 2.23. The van der Waals surface area contributed by atoms with Crippen molar-refractivity contribution in [2.45, 2.75) is 58.6 Å². The van der Waals surface area contributed by atoms with Gasteiger partial charge >= 0.3 is 6.09 Å². The summed E-state index contributed by atoms with van der Waals surface area (Å²) in [6.45, 7) is 15.0. The van der Waals surface area contributed by atoms with Gasteiger partial charge in [0, 0.05) is 24.8 Å². The minimum atomic E-state index is -0.475. The van der Waals surface area contributed by atoms with Crippen LogP contribution < -0.4 is 5.32 Å². The number of hydrogen-bond acceptors (Lipinski definition) is 3. The van der Waals surface area contributed by atoms with Crippen molar-refractivity contribution in [2.24, 2.45) is 4.99 Å². The summed E-state index contributed by atoms with van der Waals surface area (Å²) >= 11 is 0. The molecule has 5 nitrogen and oxygen atoms in total. The second-order valence-electron chi connectivity index (χ2n) is 6.84. The molecule has 0 spiro atoms. The average Bonchev–Trinajstić information content (AvgIpc) is 2.36. The van der Waals surface area contributed by atoms with Crippen LogP contribution in [0.4, 0.5) is 4.79 Å². The quantitative estimate of drug-likeness (QED) is 0.641. The smallest absolute Gasteiger partial charge is 0.408 e. The molecule has 0 aromatic rings. The van der Waals surface area contributed by atoms with Crippen LogP contribution in [0.2, 0.25) is 0 Å². The van der Waals surface area contributed by atoms with E-state index in [9.17, 15) is 4.79 Å². The Labute approximate surface area is 134 Å². The highest BCUT2D eigenvalue weighted by atomic mass is 16.6. The van der Waals surface area contributed by atoms with Crippen molar-refractivity contribution >= 4 is 11.9 Å². The summed E-state index contributed by atoms with van der Waals surface area (Å²) in [7, 11) is 0. The van der Waals surface area contributed by atoms with E-state index in [0.29, 0.717) is 0 Å². The third-order valence-corrected chi connectivity index (χ3v) is 3.53. The number of amidine groups is 1. The Morgan fingerprint density at radius 2 is 1.95 bits per heavy atom. The zero-order chi connectivity index (χ0) is 16.8. The summed E-state index contributed by atoms with van der Waals surface area (Å²) in [5.74, 6) is 0.914. The highest BCUT2D eigenvalue weighted by Gasteiger charge is 2.33. The van der Waals surface area contributed by atoms with Gasteiger partial charge in [-0.15, -0.1) is 0 Å². The van der Waals surface area contributed by atoms with Crippen LogP contribution in [0.25, 0.3) is 0 Å². The molecule has 0 aromatic carbocycles. The normalized spacial score (nSPS) is 19.1. The Kier molecular flexibility index (Phi) is 6.21. The number of alkyl carbamates (subject to hydrolysis) is 1. The number of carbonyl (C=O) groups is 1. The molecule has 22 heavy (non-hydrogen) atoms. The number of likely N-dealkylation sites (tertiary alicyclic amines) is 1. The number of amides is 1. The number of carbonyl (C=O) groups excluding carboxylic acids is 1. The molecule has 0 radical (unpaired) electrons. The summed E-state index contributed by atoms with van der Waals surface area (Å²) in [4.78, 5) is 18.5. The maximum atomic E-state index is 12.0. The lowest BCUT2D eigenvalue weighted by Crippen LogP contribution is -2.55. The van der Waals surface area contributed by atoms with Gasteiger partial charge in [0.2, 0.25) is 0 Å². The first-order chi connectivity index (χ1) is 10.2. The van der Waals surface area contributed by atoms with Gasteiger partial charge in [-0.2, -0.15) is 0 Å². The number of piperidine rings is 1. The lowest BCUT2D eigenvalue weighted by atomic mass is 9.89. The van der Waals surface area contributed by atoms with E-state index in [2.05, 4.69) is 28.7 Å². The fourth-order valence-corrected chi connectivity index (χ4v) is 2.38. The van der Waals surface area contributed by atoms with Crippen LogP contribution in [-0.2, 0) is 4.74 Å². The maximum Gasteiger partial charge on any atom is 0.408 e. The second kappa shape index (κ2) is 7.47. The summed E-state index contributed by atoms with van der Waals surface area (Å²) in [5.41, 5.74) is -0.717. The number of rotatable bonds is 3. The van der Waals surface area contributed by atoms with Gasteiger partial charge in [0.1, 0.15) is 11.4 Å². The van der Waals surface area contributed by atoms with Crippen LogP contribution >= 0.6 is 0 Å². The number of nitrogens with zero attached hydrogens (tertiary/aromatic N) is 2. The monoisotopic (exact) mass is 307 g/mol.